The SMILES string of the molecule is Cc1cc(C(=O)Nc2ccc(F)c([N+](=O)[O-])c2)cc(S(=O)(=O)N(C)C)c1C. The lowest BCUT2D eigenvalue weighted by Crippen LogP contribution is -2.24. The number of halogens is 1. The highest BCUT2D eigenvalue weighted by Gasteiger charge is 2.23. The lowest BCUT2D eigenvalue weighted by atomic mass is 10.1. The largest absolute Gasteiger partial charge is 0.322 e. The van der Waals surface area contributed by atoms with Crippen molar-refractivity contribution in [3.63, 3.8) is 0 Å². The number of sulfonamides is 1. The molecule has 0 radical (unpaired) electrons. The zero-order chi connectivity index (χ0) is 20.5. The maximum atomic E-state index is 13.4. The predicted molar refractivity (Wildman–Crippen MR) is 97.8 cm³/mol. The van der Waals surface area contributed by atoms with Crippen molar-refractivity contribution in [3.05, 3.63) is 63.0 Å². The maximum Gasteiger partial charge on any atom is 0.306 e. The molecule has 0 fully saturated rings. The number of aryl methyl sites for hydroxylation is 1. The summed E-state index contributed by atoms with van der Waals surface area (Å²) in [6.07, 6.45) is 0. The van der Waals surface area contributed by atoms with Gasteiger partial charge in [-0.05, 0) is 49.2 Å². The maximum absolute atomic E-state index is 13.4. The van der Waals surface area contributed by atoms with Crippen LogP contribution >= 0.6 is 0 Å². The van der Waals surface area contributed by atoms with Crippen LogP contribution in [-0.4, -0.2) is 37.6 Å². The molecule has 0 aromatic heterocycles. The summed E-state index contributed by atoms with van der Waals surface area (Å²) in [5.41, 5.74) is 0.406. The van der Waals surface area contributed by atoms with Crippen LogP contribution in [0.25, 0.3) is 0 Å². The minimum Gasteiger partial charge on any atom is -0.322 e. The van der Waals surface area contributed by atoms with Crippen molar-refractivity contribution in [2.45, 2.75) is 18.7 Å². The number of hydrogen-bond donors (Lipinski definition) is 1. The summed E-state index contributed by atoms with van der Waals surface area (Å²) in [6.45, 7) is 3.31. The number of carbonyl (C=O) groups excluding carboxylic acids is 1. The van der Waals surface area contributed by atoms with E-state index in [1.807, 2.05) is 0 Å². The molecule has 0 aliphatic heterocycles. The van der Waals surface area contributed by atoms with Crippen LogP contribution in [0, 0.1) is 29.8 Å². The van der Waals surface area contributed by atoms with E-state index < -0.39 is 32.4 Å². The van der Waals surface area contributed by atoms with E-state index in [0.29, 0.717) is 11.1 Å². The van der Waals surface area contributed by atoms with Gasteiger partial charge in [0.05, 0.1) is 9.82 Å². The first-order valence-electron chi connectivity index (χ1n) is 7.74. The fourth-order valence-electron chi connectivity index (χ4n) is 2.36. The third-order valence-corrected chi connectivity index (χ3v) is 5.98. The Labute approximate surface area is 155 Å². The van der Waals surface area contributed by atoms with Gasteiger partial charge < -0.3 is 5.32 Å². The van der Waals surface area contributed by atoms with E-state index in [1.165, 1.54) is 32.3 Å². The first-order valence-corrected chi connectivity index (χ1v) is 9.18. The monoisotopic (exact) mass is 395 g/mol. The number of nitro benzene ring substituents is 1. The van der Waals surface area contributed by atoms with Gasteiger partial charge >= 0.3 is 5.69 Å². The zero-order valence-electron chi connectivity index (χ0n) is 15.1. The van der Waals surface area contributed by atoms with Gasteiger partial charge in [0.1, 0.15) is 0 Å². The highest BCUT2D eigenvalue weighted by Crippen LogP contribution is 2.25. The second-order valence-corrected chi connectivity index (χ2v) is 8.20. The number of hydrogen-bond acceptors (Lipinski definition) is 5. The summed E-state index contributed by atoms with van der Waals surface area (Å²) in [4.78, 5) is 22.4. The van der Waals surface area contributed by atoms with Gasteiger partial charge in [0.2, 0.25) is 15.8 Å². The molecule has 2 aromatic carbocycles. The number of anilines is 1. The molecule has 2 aromatic rings. The van der Waals surface area contributed by atoms with Crippen LogP contribution in [0.4, 0.5) is 15.8 Å². The van der Waals surface area contributed by atoms with E-state index >= 15 is 0 Å². The van der Waals surface area contributed by atoms with E-state index in [9.17, 15) is 27.7 Å². The van der Waals surface area contributed by atoms with Gasteiger partial charge in [0.25, 0.3) is 5.91 Å². The third kappa shape index (κ3) is 4.12. The number of amides is 1. The molecule has 0 heterocycles. The number of nitro groups is 1. The smallest absolute Gasteiger partial charge is 0.306 e. The Morgan fingerprint density at radius 3 is 2.37 bits per heavy atom. The fraction of sp³-hybridized carbons (Fsp3) is 0.235. The minimum absolute atomic E-state index is 0.0114. The van der Waals surface area contributed by atoms with Crippen LogP contribution in [-0.2, 0) is 10.0 Å². The van der Waals surface area contributed by atoms with Crippen LogP contribution in [0.3, 0.4) is 0 Å². The molecule has 0 aliphatic rings. The lowest BCUT2D eigenvalue weighted by Gasteiger charge is -2.16. The highest BCUT2D eigenvalue weighted by molar-refractivity contribution is 7.89. The summed E-state index contributed by atoms with van der Waals surface area (Å²) in [7, 11) is -1.00. The van der Waals surface area contributed by atoms with Crippen LogP contribution in [0.15, 0.2) is 35.2 Å². The Morgan fingerprint density at radius 2 is 1.81 bits per heavy atom. The van der Waals surface area contributed by atoms with E-state index in [4.69, 9.17) is 0 Å². The molecule has 0 bridgehead atoms. The van der Waals surface area contributed by atoms with Gasteiger partial charge in [-0.3, -0.25) is 14.9 Å². The number of benzene rings is 2. The molecule has 0 saturated heterocycles. The van der Waals surface area contributed by atoms with Gasteiger partial charge in [-0.25, -0.2) is 12.7 Å². The van der Waals surface area contributed by atoms with Gasteiger partial charge in [-0.2, -0.15) is 4.39 Å². The minimum atomic E-state index is -3.77. The molecule has 10 heteroatoms. The van der Waals surface area contributed by atoms with Crippen molar-refractivity contribution < 1.29 is 22.5 Å². The van der Waals surface area contributed by atoms with E-state index in [-0.39, 0.29) is 16.1 Å². The molecule has 0 atom stereocenters. The molecule has 0 saturated carbocycles. The van der Waals surface area contributed by atoms with E-state index in [2.05, 4.69) is 5.32 Å². The molecule has 0 unspecified atom stereocenters. The normalized spacial score (nSPS) is 11.5. The second kappa shape index (κ2) is 7.41. The predicted octanol–water partition coefficient (Wildman–Crippen LogP) is 2.85. The van der Waals surface area contributed by atoms with E-state index in [1.54, 1.807) is 13.8 Å². The summed E-state index contributed by atoms with van der Waals surface area (Å²) in [5, 5.41) is 13.2. The molecular formula is C17H18FN3O5S. The van der Waals surface area contributed by atoms with Crippen LogP contribution < -0.4 is 5.32 Å². The Morgan fingerprint density at radius 1 is 1.19 bits per heavy atom. The first kappa shape index (κ1) is 20.5. The molecule has 1 amide bonds. The highest BCUT2D eigenvalue weighted by atomic mass is 32.2. The Hall–Kier alpha value is -2.85. The number of nitrogens with one attached hydrogen (secondary N) is 1. The number of rotatable bonds is 5. The van der Waals surface area contributed by atoms with Gasteiger partial charge in [0.15, 0.2) is 0 Å². The van der Waals surface area contributed by atoms with Crippen LogP contribution in [0.1, 0.15) is 21.5 Å². The molecule has 144 valence electrons. The number of nitrogens with zero attached hydrogens (tertiary/aromatic N) is 2. The lowest BCUT2D eigenvalue weighted by molar-refractivity contribution is -0.387. The first-order chi connectivity index (χ1) is 12.4. The second-order valence-electron chi connectivity index (χ2n) is 6.08. The van der Waals surface area contributed by atoms with Crippen molar-refractivity contribution >= 4 is 27.3 Å². The van der Waals surface area contributed by atoms with Crippen LogP contribution in [0.5, 0.6) is 0 Å². The van der Waals surface area contributed by atoms with Crippen molar-refractivity contribution in [1.82, 2.24) is 4.31 Å². The summed E-state index contributed by atoms with van der Waals surface area (Å²) in [6, 6.07) is 5.70. The quantitative estimate of drug-likeness (QED) is 0.618. The molecule has 2 rings (SSSR count). The van der Waals surface area contributed by atoms with E-state index in [0.717, 1.165) is 16.4 Å². The number of carbonyl (C=O) groups is 1. The van der Waals surface area contributed by atoms with Gasteiger partial charge in [-0.15, -0.1) is 0 Å². The molecule has 27 heavy (non-hydrogen) atoms. The Bertz CT molecular complexity index is 1040. The Balaban J connectivity index is 2.45. The fourth-order valence-corrected chi connectivity index (χ4v) is 3.57. The van der Waals surface area contributed by atoms with Crippen molar-refractivity contribution in [3.8, 4) is 0 Å². The average molecular weight is 395 g/mol. The van der Waals surface area contributed by atoms with Crippen LogP contribution in [0.2, 0.25) is 0 Å². The summed E-state index contributed by atoms with van der Waals surface area (Å²) in [5.74, 6) is -1.70. The molecule has 0 spiro atoms. The van der Waals surface area contributed by atoms with Crippen molar-refractivity contribution in [1.29, 1.82) is 0 Å². The molecular weight excluding hydrogens is 377 g/mol. The standard InChI is InChI=1S/C17H18FN3O5S/c1-10-7-12(8-16(11(10)2)27(25,26)20(3)4)17(22)19-13-5-6-14(18)15(9-13)21(23)24/h5-9H,1-4H3,(H,19,22). The summed E-state index contributed by atoms with van der Waals surface area (Å²) >= 11 is 0. The Kier molecular flexibility index (Phi) is 5.62. The van der Waals surface area contributed by atoms with Gasteiger partial charge in [0, 0.05) is 31.4 Å². The van der Waals surface area contributed by atoms with Crippen molar-refractivity contribution in [2.24, 2.45) is 0 Å². The molecule has 0 aliphatic carbocycles. The zero-order valence-corrected chi connectivity index (χ0v) is 15.9. The molecule has 1 N–H and O–H groups in total. The topological polar surface area (TPSA) is 110 Å². The summed E-state index contributed by atoms with van der Waals surface area (Å²) < 4.78 is 39.4. The molecule has 8 nitrogen and oxygen atoms in total. The van der Waals surface area contributed by atoms with Gasteiger partial charge in [-0.1, -0.05) is 0 Å². The average Bonchev–Trinajstić information content (AvgIpc) is 2.58. The third-order valence-electron chi connectivity index (χ3n) is 4.04. The van der Waals surface area contributed by atoms with Crippen molar-refractivity contribution in [2.75, 3.05) is 19.4 Å².